The summed E-state index contributed by atoms with van der Waals surface area (Å²) in [5.74, 6) is -2.14. The van der Waals surface area contributed by atoms with E-state index in [1.165, 1.54) is 11.1 Å². The molecule has 28 heavy (non-hydrogen) atoms. The van der Waals surface area contributed by atoms with Gasteiger partial charge in [-0.05, 0) is 49.0 Å². The fourth-order valence-electron chi connectivity index (χ4n) is 2.91. The van der Waals surface area contributed by atoms with Crippen molar-refractivity contribution in [3.63, 3.8) is 0 Å². The number of carboxylic acids is 1. The lowest BCUT2D eigenvalue weighted by Gasteiger charge is -2.13. The molecule has 1 amide bonds. The lowest BCUT2D eigenvalue weighted by atomic mass is 10.0. The molecule has 0 saturated heterocycles. The molecule has 1 aliphatic heterocycles. The number of aromatic amines is 1. The van der Waals surface area contributed by atoms with Crippen LogP contribution < -0.4 is 5.01 Å². The van der Waals surface area contributed by atoms with Crippen molar-refractivity contribution in [1.29, 1.82) is 0 Å². The van der Waals surface area contributed by atoms with Crippen molar-refractivity contribution in [3.05, 3.63) is 65.6 Å². The van der Waals surface area contributed by atoms with Gasteiger partial charge in [0.2, 0.25) is 0 Å². The van der Waals surface area contributed by atoms with E-state index < -0.39 is 11.9 Å². The van der Waals surface area contributed by atoms with Crippen LogP contribution in [0, 0.1) is 5.92 Å². The third-order valence-corrected chi connectivity index (χ3v) is 5.20. The number of hydrogen-bond donors (Lipinski definition) is 2. The van der Waals surface area contributed by atoms with Gasteiger partial charge in [-0.15, -0.1) is 0 Å². The van der Waals surface area contributed by atoms with E-state index in [4.69, 9.17) is 0 Å². The summed E-state index contributed by atoms with van der Waals surface area (Å²) in [7, 11) is 0. The Morgan fingerprint density at radius 3 is 2.61 bits per heavy atom. The molecular formula is C20H16N4O3S. The van der Waals surface area contributed by atoms with E-state index in [9.17, 15) is 14.7 Å². The van der Waals surface area contributed by atoms with Gasteiger partial charge >= 0.3 is 5.97 Å². The third kappa shape index (κ3) is 3.41. The second-order valence-corrected chi connectivity index (χ2v) is 7.23. The number of aliphatic carboxylic acids is 1. The number of para-hydroxylation sites is 3. The van der Waals surface area contributed by atoms with Crippen molar-refractivity contribution in [2.45, 2.75) is 12.1 Å². The number of hydrazone groups is 1. The molecule has 1 atom stereocenters. The standard InChI is InChI=1S/C20H16N4O3S/c1-12-14(18(25)24(23-12)13-7-3-2-4-8-13)11-17(19(26)27)28-20-21-15-9-5-6-10-16(15)22-20/h2-11,14H,1H3,(H,21,22)(H,26,27)/b17-11+/t14-/m0/s1. The van der Waals surface area contributed by atoms with Crippen LogP contribution in [0.4, 0.5) is 5.69 Å². The fraction of sp³-hybridized carbons (Fsp3) is 0.100. The van der Waals surface area contributed by atoms with Gasteiger partial charge in [0.15, 0.2) is 5.16 Å². The number of carbonyl (C=O) groups is 2. The molecule has 0 aliphatic carbocycles. The topological polar surface area (TPSA) is 98.7 Å². The number of fused-ring (bicyclic) bond motifs is 1. The van der Waals surface area contributed by atoms with Crippen LogP contribution in [0.5, 0.6) is 0 Å². The first-order valence-corrected chi connectivity index (χ1v) is 9.36. The second-order valence-electron chi connectivity index (χ2n) is 6.20. The number of thioether (sulfide) groups is 1. The zero-order chi connectivity index (χ0) is 19.7. The van der Waals surface area contributed by atoms with E-state index in [0.717, 1.165) is 22.8 Å². The number of H-pyrrole nitrogens is 1. The van der Waals surface area contributed by atoms with E-state index in [-0.39, 0.29) is 10.8 Å². The van der Waals surface area contributed by atoms with Crippen LogP contribution in [-0.4, -0.2) is 32.7 Å². The molecule has 140 valence electrons. The van der Waals surface area contributed by atoms with E-state index in [2.05, 4.69) is 15.1 Å². The van der Waals surface area contributed by atoms with Crippen molar-refractivity contribution in [3.8, 4) is 0 Å². The van der Waals surface area contributed by atoms with Crippen LogP contribution in [0.15, 0.2) is 75.8 Å². The van der Waals surface area contributed by atoms with Crippen LogP contribution in [0.25, 0.3) is 11.0 Å². The molecule has 0 unspecified atom stereocenters. The van der Waals surface area contributed by atoms with Gasteiger partial charge in [-0.2, -0.15) is 10.1 Å². The SMILES string of the molecule is CC1=NN(c2ccccc2)C(=O)[C@H]1/C=C(/Sc1nc2ccccc2[nH]1)C(=O)O. The molecule has 0 fully saturated rings. The number of hydrogen-bond acceptors (Lipinski definition) is 5. The van der Waals surface area contributed by atoms with Crippen LogP contribution in [0.1, 0.15) is 6.92 Å². The molecule has 1 aromatic heterocycles. The number of rotatable bonds is 5. The van der Waals surface area contributed by atoms with Gasteiger partial charge in [0.1, 0.15) is 0 Å². The number of nitrogens with one attached hydrogen (secondary N) is 1. The zero-order valence-corrected chi connectivity index (χ0v) is 15.7. The fourth-order valence-corrected chi connectivity index (χ4v) is 3.71. The van der Waals surface area contributed by atoms with Crippen LogP contribution in [-0.2, 0) is 9.59 Å². The third-order valence-electron chi connectivity index (χ3n) is 4.29. The highest BCUT2D eigenvalue weighted by Gasteiger charge is 2.34. The Hall–Kier alpha value is -3.39. The number of imidazole rings is 1. The minimum Gasteiger partial charge on any atom is -0.477 e. The lowest BCUT2D eigenvalue weighted by molar-refractivity contribution is -0.131. The van der Waals surface area contributed by atoms with Gasteiger partial charge < -0.3 is 10.1 Å². The first-order chi connectivity index (χ1) is 13.5. The zero-order valence-electron chi connectivity index (χ0n) is 14.9. The largest absolute Gasteiger partial charge is 0.477 e. The van der Waals surface area contributed by atoms with Gasteiger partial charge in [-0.3, -0.25) is 4.79 Å². The van der Waals surface area contributed by atoms with Crippen LogP contribution >= 0.6 is 11.8 Å². The Morgan fingerprint density at radius 1 is 1.18 bits per heavy atom. The first-order valence-electron chi connectivity index (χ1n) is 8.55. The van der Waals surface area contributed by atoms with Crippen molar-refractivity contribution in [1.82, 2.24) is 9.97 Å². The number of benzene rings is 2. The molecule has 2 N–H and O–H groups in total. The van der Waals surface area contributed by atoms with Crippen molar-refractivity contribution < 1.29 is 14.7 Å². The van der Waals surface area contributed by atoms with Gasteiger partial charge in [0, 0.05) is 0 Å². The maximum Gasteiger partial charge on any atom is 0.342 e. The first kappa shape index (κ1) is 18.0. The normalized spacial score (nSPS) is 17.2. The highest BCUT2D eigenvalue weighted by atomic mass is 32.2. The van der Waals surface area contributed by atoms with Crippen molar-refractivity contribution >= 4 is 46.1 Å². The molecular weight excluding hydrogens is 376 g/mol. The molecule has 0 radical (unpaired) electrons. The molecule has 0 bridgehead atoms. The summed E-state index contributed by atoms with van der Waals surface area (Å²) in [5, 5.41) is 15.7. The summed E-state index contributed by atoms with van der Waals surface area (Å²) in [6.45, 7) is 1.72. The Labute approximate surface area is 164 Å². The summed E-state index contributed by atoms with van der Waals surface area (Å²) in [4.78, 5) is 32.1. The van der Waals surface area contributed by atoms with Crippen LogP contribution in [0.3, 0.4) is 0 Å². The second kappa shape index (κ2) is 7.32. The quantitative estimate of drug-likeness (QED) is 0.510. The number of aromatic nitrogens is 2. The summed E-state index contributed by atoms with van der Waals surface area (Å²) >= 11 is 0.980. The Kier molecular flexibility index (Phi) is 4.70. The molecule has 4 rings (SSSR count). The van der Waals surface area contributed by atoms with E-state index in [1.54, 1.807) is 19.1 Å². The molecule has 0 spiro atoms. The summed E-state index contributed by atoms with van der Waals surface area (Å²) in [6.07, 6.45) is 1.43. The van der Waals surface area contributed by atoms with Crippen LogP contribution in [0.2, 0.25) is 0 Å². The van der Waals surface area contributed by atoms with E-state index in [0.29, 0.717) is 16.6 Å². The van der Waals surface area contributed by atoms with Gasteiger partial charge in [-0.1, -0.05) is 30.3 Å². The van der Waals surface area contributed by atoms with E-state index in [1.807, 2.05) is 42.5 Å². The minimum atomic E-state index is -1.12. The lowest BCUT2D eigenvalue weighted by Crippen LogP contribution is -2.26. The van der Waals surface area contributed by atoms with Crippen molar-refractivity contribution in [2.75, 3.05) is 5.01 Å². The Balaban J connectivity index is 1.62. The predicted octanol–water partition coefficient (Wildman–Crippen LogP) is 3.66. The molecule has 3 aromatic rings. The monoisotopic (exact) mass is 392 g/mol. The summed E-state index contributed by atoms with van der Waals surface area (Å²) < 4.78 is 0. The smallest absolute Gasteiger partial charge is 0.342 e. The maximum atomic E-state index is 12.8. The molecule has 7 nitrogen and oxygen atoms in total. The minimum absolute atomic E-state index is 0.0156. The highest BCUT2D eigenvalue weighted by molar-refractivity contribution is 8.03. The number of carboxylic acid groups (broad SMARTS) is 1. The van der Waals surface area contributed by atoms with Crippen molar-refractivity contribution in [2.24, 2.45) is 11.0 Å². The number of nitrogens with zero attached hydrogens (tertiary/aromatic N) is 3. The average molecular weight is 392 g/mol. The van der Waals surface area contributed by atoms with Gasteiger partial charge in [0.25, 0.3) is 5.91 Å². The number of amides is 1. The number of carbonyl (C=O) groups excluding carboxylic acids is 1. The number of anilines is 1. The Morgan fingerprint density at radius 2 is 1.89 bits per heavy atom. The van der Waals surface area contributed by atoms with E-state index >= 15 is 0 Å². The van der Waals surface area contributed by atoms with Gasteiger partial charge in [0.05, 0.1) is 33.3 Å². The Bertz CT molecular complexity index is 1090. The predicted molar refractivity (Wildman–Crippen MR) is 108 cm³/mol. The summed E-state index contributed by atoms with van der Waals surface area (Å²) in [6, 6.07) is 16.5. The maximum absolute atomic E-state index is 12.8. The average Bonchev–Trinajstić information content (AvgIpc) is 3.23. The molecule has 1 aliphatic rings. The summed E-state index contributed by atoms with van der Waals surface area (Å²) in [5.41, 5.74) is 2.75. The molecule has 8 heteroatoms. The molecule has 2 heterocycles. The highest BCUT2D eigenvalue weighted by Crippen LogP contribution is 2.31. The van der Waals surface area contributed by atoms with Gasteiger partial charge in [-0.25, -0.2) is 9.78 Å². The molecule has 2 aromatic carbocycles. The molecule has 0 saturated carbocycles.